The van der Waals surface area contributed by atoms with Crippen molar-refractivity contribution in [3.63, 3.8) is 0 Å². The second-order valence-electron chi connectivity index (χ2n) is 3.90. The van der Waals surface area contributed by atoms with Gasteiger partial charge in [-0.1, -0.05) is 0 Å². The van der Waals surface area contributed by atoms with Crippen molar-refractivity contribution in [1.82, 2.24) is 4.90 Å². The molecule has 0 saturated heterocycles. The number of benzene rings is 1. The van der Waals surface area contributed by atoms with Gasteiger partial charge in [0.25, 0.3) is 5.91 Å². The summed E-state index contributed by atoms with van der Waals surface area (Å²) in [6.07, 6.45) is 0.855. The van der Waals surface area contributed by atoms with E-state index in [1.807, 2.05) is 38.4 Å². The SMILES string of the molecule is CNc1ccc(C(=O)N(C)CCCOC)cc1. The predicted octanol–water partition coefficient (Wildman–Crippen LogP) is 1.84. The number of rotatable bonds is 6. The molecule has 1 aromatic rings. The van der Waals surface area contributed by atoms with Crippen molar-refractivity contribution in [3.8, 4) is 0 Å². The van der Waals surface area contributed by atoms with Crippen LogP contribution in [0.25, 0.3) is 0 Å². The number of methoxy groups -OCH3 is 1. The fraction of sp³-hybridized carbons (Fsp3) is 0.462. The fourth-order valence-electron chi connectivity index (χ4n) is 1.55. The van der Waals surface area contributed by atoms with Crippen molar-refractivity contribution in [2.45, 2.75) is 6.42 Å². The Labute approximate surface area is 103 Å². The zero-order chi connectivity index (χ0) is 12.7. The van der Waals surface area contributed by atoms with Crippen LogP contribution < -0.4 is 5.32 Å². The minimum atomic E-state index is 0.0451. The average Bonchev–Trinajstić information content (AvgIpc) is 2.38. The molecule has 0 spiro atoms. The monoisotopic (exact) mass is 236 g/mol. The van der Waals surface area contributed by atoms with E-state index in [0.29, 0.717) is 18.7 Å². The highest BCUT2D eigenvalue weighted by atomic mass is 16.5. The summed E-state index contributed by atoms with van der Waals surface area (Å²) in [5.41, 5.74) is 1.72. The molecule has 0 unspecified atom stereocenters. The highest BCUT2D eigenvalue weighted by molar-refractivity contribution is 5.94. The molecule has 0 atom stereocenters. The molecule has 1 N–H and O–H groups in total. The third-order valence-electron chi connectivity index (χ3n) is 2.61. The van der Waals surface area contributed by atoms with E-state index in [0.717, 1.165) is 12.1 Å². The van der Waals surface area contributed by atoms with E-state index in [9.17, 15) is 4.79 Å². The molecule has 0 bridgehead atoms. The normalized spacial score (nSPS) is 10.1. The molecule has 94 valence electrons. The van der Waals surface area contributed by atoms with Crippen LogP contribution in [-0.2, 0) is 4.74 Å². The second kappa shape index (κ2) is 6.91. The summed E-state index contributed by atoms with van der Waals surface area (Å²) in [4.78, 5) is 13.7. The molecule has 1 aromatic carbocycles. The van der Waals surface area contributed by atoms with Crippen LogP contribution in [0.3, 0.4) is 0 Å². The van der Waals surface area contributed by atoms with Gasteiger partial charge in [0.1, 0.15) is 0 Å². The summed E-state index contributed by atoms with van der Waals surface area (Å²) in [7, 11) is 5.33. The molecule has 0 radical (unpaired) electrons. The molecular weight excluding hydrogens is 216 g/mol. The van der Waals surface area contributed by atoms with Crippen LogP contribution in [-0.4, -0.2) is 45.2 Å². The highest BCUT2D eigenvalue weighted by Gasteiger charge is 2.10. The van der Waals surface area contributed by atoms with Gasteiger partial charge < -0.3 is 15.0 Å². The predicted molar refractivity (Wildman–Crippen MR) is 69.4 cm³/mol. The minimum absolute atomic E-state index is 0.0451. The maximum absolute atomic E-state index is 12.0. The standard InChI is InChI=1S/C13H20N2O2/c1-14-12-7-5-11(6-8-12)13(16)15(2)9-4-10-17-3/h5-8,14H,4,9-10H2,1-3H3. The van der Waals surface area contributed by atoms with Crippen molar-refractivity contribution in [2.75, 3.05) is 39.7 Å². The van der Waals surface area contributed by atoms with E-state index in [2.05, 4.69) is 5.32 Å². The summed E-state index contributed by atoms with van der Waals surface area (Å²) in [5.74, 6) is 0.0451. The van der Waals surface area contributed by atoms with Crippen molar-refractivity contribution < 1.29 is 9.53 Å². The first-order valence-corrected chi connectivity index (χ1v) is 5.71. The van der Waals surface area contributed by atoms with Crippen molar-refractivity contribution in [1.29, 1.82) is 0 Å². The van der Waals surface area contributed by atoms with E-state index < -0.39 is 0 Å². The van der Waals surface area contributed by atoms with Crippen molar-refractivity contribution in [3.05, 3.63) is 29.8 Å². The highest BCUT2D eigenvalue weighted by Crippen LogP contribution is 2.10. The van der Waals surface area contributed by atoms with E-state index >= 15 is 0 Å². The number of hydrogen-bond acceptors (Lipinski definition) is 3. The number of ether oxygens (including phenoxy) is 1. The number of carbonyl (C=O) groups excluding carboxylic acids is 1. The van der Waals surface area contributed by atoms with E-state index in [1.54, 1.807) is 12.0 Å². The number of carbonyl (C=O) groups is 1. The lowest BCUT2D eigenvalue weighted by molar-refractivity contribution is 0.0779. The van der Waals surface area contributed by atoms with E-state index in [-0.39, 0.29) is 5.91 Å². The van der Waals surface area contributed by atoms with Gasteiger partial charge in [-0.2, -0.15) is 0 Å². The van der Waals surface area contributed by atoms with Gasteiger partial charge in [0, 0.05) is 45.6 Å². The topological polar surface area (TPSA) is 41.6 Å². The summed E-state index contributed by atoms with van der Waals surface area (Å²) in [6.45, 7) is 1.39. The lowest BCUT2D eigenvalue weighted by atomic mass is 10.2. The minimum Gasteiger partial charge on any atom is -0.388 e. The molecule has 1 rings (SSSR count). The van der Waals surface area contributed by atoms with Gasteiger partial charge in [-0.05, 0) is 30.7 Å². The lowest BCUT2D eigenvalue weighted by Crippen LogP contribution is -2.28. The maximum atomic E-state index is 12.0. The third kappa shape index (κ3) is 4.07. The number of nitrogens with one attached hydrogen (secondary N) is 1. The van der Waals surface area contributed by atoms with Gasteiger partial charge >= 0.3 is 0 Å². The number of anilines is 1. The molecule has 4 nitrogen and oxygen atoms in total. The van der Waals surface area contributed by atoms with Gasteiger partial charge in [-0.25, -0.2) is 0 Å². The molecule has 0 aromatic heterocycles. The second-order valence-corrected chi connectivity index (χ2v) is 3.90. The van der Waals surface area contributed by atoms with Crippen LogP contribution in [0.4, 0.5) is 5.69 Å². The Bertz CT molecular complexity index is 349. The molecule has 17 heavy (non-hydrogen) atoms. The lowest BCUT2D eigenvalue weighted by Gasteiger charge is -2.17. The van der Waals surface area contributed by atoms with Gasteiger partial charge in [0.2, 0.25) is 0 Å². The summed E-state index contributed by atoms with van der Waals surface area (Å²) in [5, 5.41) is 3.02. The largest absolute Gasteiger partial charge is 0.388 e. The first kappa shape index (κ1) is 13.5. The van der Waals surface area contributed by atoms with Crippen LogP contribution in [0, 0.1) is 0 Å². The van der Waals surface area contributed by atoms with Crippen LogP contribution >= 0.6 is 0 Å². The zero-order valence-electron chi connectivity index (χ0n) is 10.7. The first-order valence-electron chi connectivity index (χ1n) is 5.71. The molecule has 0 aliphatic heterocycles. The van der Waals surface area contributed by atoms with Crippen molar-refractivity contribution in [2.24, 2.45) is 0 Å². The third-order valence-corrected chi connectivity index (χ3v) is 2.61. The Morgan fingerprint density at radius 2 is 2.00 bits per heavy atom. The Balaban J connectivity index is 2.55. The smallest absolute Gasteiger partial charge is 0.253 e. The molecule has 0 saturated carbocycles. The molecule has 4 heteroatoms. The molecule has 0 aliphatic rings. The molecular formula is C13H20N2O2. The zero-order valence-corrected chi connectivity index (χ0v) is 10.7. The molecule has 1 amide bonds. The Kier molecular flexibility index (Phi) is 5.49. The maximum Gasteiger partial charge on any atom is 0.253 e. The Hall–Kier alpha value is -1.55. The summed E-state index contributed by atoms with van der Waals surface area (Å²) in [6, 6.07) is 7.47. The van der Waals surface area contributed by atoms with Crippen LogP contribution in [0.1, 0.15) is 16.8 Å². The van der Waals surface area contributed by atoms with E-state index in [4.69, 9.17) is 4.74 Å². The molecule has 0 fully saturated rings. The van der Waals surface area contributed by atoms with Gasteiger partial charge in [0.15, 0.2) is 0 Å². The van der Waals surface area contributed by atoms with E-state index in [1.165, 1.54) is 0 Å². The number of hydrogen-bond donors (Lipinski definition) is 1. The van der Waals surface area contributed by atoms with Crippen LogP contribution in [0.2, 0.25) is 0 Å². The number of nitrogens with zero attached hydrogens (tertiary/aromatic N) is 1. The van der Waals surface area contributed by atoms with Crippen LogP contribution in [0.15, 0.2) is 24.3 Å². The van der Waals surface area contributed by atoms with Crippen LogP contribution in [0.5, 0.6) is 0 Å². The molecule has 0 aliphatic carbocycles. The Morgan fingerprint density at radius 3 is 2.53 bits per heavy atom. The summed E-state index contributed by atoms with van der Waals surface area (Å²) >= 11 is 0. The number of amides is 1. The first-order chi connectivity index (χ1) is 8.19. The van der Waals surface area contributed by atoms with Gasteiger partial charge in [-0.3, -0.25) is 4.79 Å². The molecule has 0 heterocycles. The quantitative estimate of drug-likeness (QED) is 0.766. The Morgan fingerprint density at radius 1 is 1.35 bits per heavy atom. The fourth-order valence-corrected chi connectivity index (χ4v) is 1.55. The van der Waals surface area contributed by atoms with Gasteiger partial charge in [0.05, 0.1) is 0 Å². The van der Waals surface area contributed by atoms with Gasteiger partial charge in [-0.15, -0.1) is 0 Å². The average molecular weight is 236 g/mol. The van der Waals surface area contributed by atoms with Crippen molar-refractivity contribution >= 4 is 11.6 Å². The summed E-state index contributed by atoms with van der Waals surface area (Å²) < 4.78 is 4.96.